The molecule has 1 heterocycles. The van der Waals surface area contributed by atoms with Crippen LogP contribution in [-0.2, 0) is 4.79 Å². The van der Waals surface area contributed by atoms with Crippen molar-refractivity contribution >= 4 is 17.7 Å². The van der Waals surface area contributed by atoms with Crippen LogP contribution < -0.4 is 4.90 Å². The maximum absolute atomic E-state index is 12.7. The van der Waals surface area contributed by atoms with E-state index < -0.39 is 5.97 Å². The van der Waals surface area contributed by atoms with Gasteiger partial charge in [-0.25, -0.2) is 4.79 Å². The van der Waals surface area contributed by atoms with Gasteiger partial charge in [-0.05, 0) is 37.8 Å². The topological polar surface area (TPSA) is 60.9 Å². The van der Waals surface area contributed by atoms with Gasteiger partial charge in [0.15, 0.2) is 0 Å². The molecule has 2 amide bonds. The summed E-state index contributed by atoms with van der Waals surface area (Å²) in [6.45, 7) is 3.79. The van der Waals surface area contributed by atoms with Crippen molar-refractivity contribution in [3.63, 3.8) is 0 Å². The van der Waals surface area contributed by atoms with Crippen LogP contribution in [0, 0.1) is 5.92 Å². The Morgan fingerprint density at radius 1 is 1.33 bits per heavy atom. The highest BCUT2D eigenvalue weighted by Crippen LogP contribution is 2.22. The van der Waals surface area contributed by atoms with E-state index in [1.54, 1.807) is 9.80 Å². The molecule has 1 N–H and O–H groups in total. The third-order valence-electron chi connectivity index (χ3n) is 3.87. The summed E-state index contributed by atoms with van der Waals surface area (Å²) in [6.07, 6.45) is 1.89. The SMILES string of the molecule is CCN(C(=O)N1CCCC(CC(=O)O)C1)c1ccccc1. The lowest BCUT2D eigenvalue weighted by atomic mass is 9.95. The number of aliphatic carboxylic acids is 1. The second kappa shape index (κ2) is 7.11. The first-order valence-electron chi connectivity index (χ1n) is 7.45. The second-order valence-corrected chi connectivity index (χ2v) is 5.41. The average molecular weight is 290 g/mol. The number of carboxylic acid groups (broad SMARTS) is 1. The Morgan fingerprint density at radius 3 is 2.67 bits per heavy atom. The van der Waals surface area contributed by atoms with Gasteiger partial charge in [-0.1, -0.05) is 18.2 Å². The number of para-hydroxylation sites is 1. The fraction of sp³-hybridized carbons (Fsp3) is 0.500. The molecular weight excluding hydrogens is 268 g/mol. The highest BCUT2D eigenvalue weighted by molar-refractivity contribution is 5.92. The second-order valence-electron chi connectivity index (χ2n) is 5.41. The lowest BCUT2D eigenvalue weighted by molar-refractivity contribution is -0.138. The van der Waals surface area contributed by atoms with Crippen molar-refractivity contribution in [2.24, 2.45) is 5.92 Å². The van der Waals surface area contributed by atoms with Gasteiger partial charge >= 0.3 is 12.0 Å². The summed E-state index contributed by atoms with van der Waals surface area (Å²) >= 11 is 0. The van der Waals surface area contributed by atoms with Gasteiger partial charge in [0.25, 0.3) is 0 Å². The van der Waals surface area contributed by atoms with E-state index in [-0.39, 0.29) is 18.4 Å². The average Bonchev–Trinajstić information content (AvgIpc) is 2.48. The number of amides is 2. The van der Waals surface area contributed by atoms with E-state index in [1.165, 1.54) is 0 Å². The number of benzene rings is 1. The van der Waals surface area contributed by atoms with Crippen molar-refractivity contribution in [1.82, 2.24) is 4.90 Å². The first-order chi connectivity index (χ1) is 10.1. The quantitative estimate of drug-likeness (QED) is 0.927. The number of hydrogen-bond acceptors (Lipinski definition) is 2. The van der Waals surface area contributed by atoms with Crippen LogP contribution in [-0.4, -0.2) is 41.6 Å². The molecular formula is C16H22N2O3. The summed E-state index contributed by atoms with van der Waals surface area (Å²) < 4.78 is 0. The molecule has 0 spiro atoms. The molecule has 1 aliphatic rings. The molecule has 114 valence electrons. The Balaban J connectivity index is 2.05. The van der Waals surface area contributed by atoms with Crippen molar-refractivity contribution in [3.05, 3.63) is 30.3 Å². The standard InChI is InChI=1S/C16H22N2O3/c1-2-18(14-8-4-3-5-9-14)16(21)17-10-6-7-13(12-17)11-15(19)20/h3-5,8-9,13H,2,6-7,10-12H2,1H3,(H,19,20). The summed E-state index contributed by atoms with van der Waals surface area (Å²) in [5.74, 6) is -0.723. The van der Waals surface area contributed by atoms with Crippen molar-refractivity contribution in [2.75, 3.05) is 24.5 Å². The fourth-order valence-electron chi connectivity index (χ4n) is 2.86. The molecule has 1 aromatic carbocycles. The molecule has 5 nitrogen and oxygen atoms in total. The van der Waals surface area contributed by atoms with Gasteiger partial charge in [-0.2, -0.15) is 0 Å². The minimum absolute atomic E-state index is 0.0289. The minimum Gasteiger partial charge on any atom is -0.481 e. The maximum atomic E-state index is 12.7. The van der Waals surface area contributed by atoms with E-state index in [2.05, 4.69) is 0 Å². The van der Waals surface area contributed by atoms with Crippen molar-refractivity contribution < 1.29 is 14.7 Å². The Labute approximate surface area is 125 Å². The van der Waals surface area contributed by atoms with Gasteiger partial charge in [0, 0.05) is 31.7 Å². The molecule has 1 fully saturated rings. The molecule has 1 aliphatic heterocycles. The van der Waals surface area contributed by atoms with Crippen molar-refractivity contribution in [3.8, 4) is 0 Å². The van der Waals surface area contributed by atoms with Crippen LogP contribution in [0.4, 0.5) is 10.5 Å². The van der Waals surface area contributed by atoms with Crippen LogP contribution in [0.15, 0.2) is 30.3 Å². The number of carbonyl (C=O) groups is 2. The number of nitrogens with zero attached hydrogens (tertiary/aromatic N) is 2. The summed E-state index contributed by atoms with van der Waals surface area (Å²) in [5.41, 5.74) is 0.880. The predicted molar refractivity (Wildman–Crippen MR) is 81.4 cm³/mol. The first kappa shape index (κ1) is 15.4. The van der Waals surface area contributed by atoms with Gasteiger partial charge in [0.05, 0.1) is 0 Å². The van der Waals surface area contributed by atoms with E-state index in [9.17, 15) is 9.59 Å². The molecule has 1 unspecified atom stereocenters. The molecule has 0 aliphatic carbocycles. The molecule has 0 aromatic heterocycles. The van der Waals surface area contributed by atoms with Crippen molar-refractivity contribution in [2.45, 2.75) is 26.2 Å². The summed E-state index contributed by atoms with van der Waals surface area (Å²) in [4.78, 5) is 27.0. The van der Waals surface area contributed by atoms with Crippen LogP contribution in [0.5, 0.6) is 0 Å². The van der Waals surface area contributed by atoms with Gasteiger partial charge in [-0.3, -0.25) is 9.69 Å². The lowest BCUT2D eigenvalue weighted by Crippen LogP contribution is -2.48. The number of rotatable bonds is 4. The zero-order chi connectivity index (χ0) is 15.2. The maximum Gasteiger partial charge on any atom is 0.324 e. The third-order valence-corrected chi connectivity index (χ3v) is 3.87. The van der Waals surface area contributed by atoms with Gasteiger partial charge in [-0.15, -0.1) is 0 Å². The predicted octanol–water partition coefficient (Wildman–Crippen LogP) is 2.82. The number of hydrogen-bond donors (Lipinski definition) is 1. The number of piperidine rings is 1. The molecule has 2 rings (SSSR count). The summed E-state index contributed by atoms with van der Waals surface area (Å²) in [6, 6.07) is 9.55. The number of likely N-dealkylation sites (tertiary alicyclic amines) is 1. The molecule has 5 heteroatoms. The Kier molecular flexibility index (Phi) is 5.20. The highest BCUT2D eigenvalue weighted by atomic mass is 16.4. The van der Waals surface area contributed by atoms with Crippen LogP contribution >= 0.6 is 0 Å². The van der Waals surface area contributed by atoms with E-state index in [4.69, 9.17) is 5.11 Å². The highest BCUT2D eigenvalue weighted by Gasteiger charge is 2.28. The van der Waals surface area contributed by atoms with Crippen LogP contribution in [0.25, 0.3) is 0 Å². The zero-order valence-electron chi connectivity index (χ0n) is 12.4. The lowest BCUT2D eigenvalue weighted by Gasteiger charge is -2.35. The van der Waals surface area contributed by atoms with Crippen molar-refractivity contribution in [1.29, 1.82) is 0 Å². The Morgan fingerprint density at radius 2 is 2.05 bits per heavy atom. The molecule has 1 aromatic rings. The van der Waals surface area contributed by atoms with E-state index >= 15 is 0 Å². The van der Waals surface area contributed by atoms with E-state index in [1.807, 2.05) is 37.3 Å². The molecule has 0 saturated carbocycles. The van der Waals surface area contributed by atoms with Crippen LogP contribution in [0.1, 0.15) is 26.2 Å². The smallest absolute Gasteiger partial charge is 0.324 e. The minimum atomic E-state index is -0.787. The number of urea groups is 1. The molecule has 0 radical (unpaired) electrons. The molecule has 1 saturated heterocycles. The molecule has 0 bridgehead atoms. The largest absolute Gasteiger partial charge is 0.481 e. The first-order valence-corrected chi connectivity index (χ1v) is 7.45. The fourth-order valence-corrected chi connectivity index (χ4v) is 2.86. The van der Waals surface area contributed by atoms with E-state index in [0.29, 0.717) is 19.6 Å². The molecule has 1 atom stereocenters. The monoisotopic (exact) mass is 290 g/mol. The van der Waals surface area contributed by atoms with E-state index in [0.717, 1.165) is 18.5 Å². The number of carbonyl (C=O) groups excluding carboxylic acids is 1. The number of anilines is 1. The number of carboxylic acids is 1. The molecule has 21 heavy (non-hydrogen) atoms. The summed E-state index contributed by atoms with van der Waals surface area (Å²) in [5, 5.41) is 8.91. The van der Waals surface area contributed by atoms with Crippen LogP contribution in [0.2, 0.25) is 0 Å². The zero-order valence-corrected chi connectivity index (χ0v) is 12.4. The van der Waals surface area contributed by atoms with Gasteiger partial charge in [0.2, 0.25) is 0 Å². The van der Waals surface area contributed by atoms with Gasteiger partial charge < -0.3 is 10.0 Å². The van der Waals surface area contributed by atoms with Gasteiger partial charge in [0.1, 0.15) is 0 Å². The Hall–Kier alpha value is -2.04. The summed E-state index contributed by atoms with van der Waals surface area (Å²) in [7, 11) is 0. The third kappa shape index (κ3) is 3.97. The normalized spacial score (nSPS) is 18.3. The van der Waals surface area contributed by atoms with Crippen LogP contribution in [0.3, 0.4) is 0 Å². The Bertz CT molecular complexity index is 490.